The highest BCUT2D eigenvalue weighted by atomic mass is 31.2. The first-order valence-electron chi connectivity index (χ1n) is 8.59. The molecule has 14 heteroatoms. The van der Waals surface area contributed by atoms with Gasteiger partial charge in [-0.05, 0) is 6.07 Å². The summed E-state index contributed by atoms with van der Waals surface area (Å²) in [6, 6.07) is 7.39. The molecule has 2 aliphatic heterocycles. The highest BCUT2D eigenvalue weighted by Gasteiger charge is 2.62. The summed E-state index contributed by atoms with van der Waals surface area (Å²) in [6.07, 6.45) is -3.62. The predicted molar refractivity (Wildman–Crippen MR) is 97.4 cm³/mol. The molecule has 158 valence electrons. The van der Waals surface area contributed by atoms with Crippen molar-refractivity contribution in [3.05, 3.63) is 62.9 Å². The number of rotatable bonds is 4. The number of halogens is 1. The quantitative estimate of drug-likeness (QED) is 0.421. The van der Waals surface area contributed by atoms with E-state index in [0.717, 1.165) is 12.3 Å². The van der Waals surface area contributed by atoms with Crippen LogP contribution in [0.25, 0.3) is 0 Å². The summed E-state index contributed by atoms with van der Waals surface area (Å²) in [5.41, 5.74) is -3.90. The lowest BCUT2D eigenvalue weighted by molar-refractivity contribution is -0.218. The fourth-order valence-electron chi connectivity index (χ4n) is 3.09. The fourth-order valence-corrected chi connectivity index (χ4v) is 4.32. The molecule has 0 bridgehead atoms. The molecule has 2 aromatic rings. The SMILES string of the molecule is [B][C@@]1(n2ccc(=O)[nH]c2=O)O[C@](F)(COP2(=O)OCc3ccccc3O2)[C@@H](O)[C@H]1O. The van der Waals surface area contributed by atoms with Crippen molar-refractivity contribution in [2.45, 2.75) is 30.3 Å². The van der Waals surface area contributed by atoms with Gasteiger partial charge in [-0.3, -0.25) is 23.4 Å². The van der Waals surface area contributed by atoms with Crippen LogP contribution in [0.1, 0.15) is 5.56 Å². The first kappa shape index (κ1) is 21.0. The normalized spacial score (nSPS) is 35.6. The number of aromatic nitrogens is 2. The van der Waals surface area contributed by atoms with Crippen LogP contribution in [0.5, 0.6) is 5.75 Å². The Bertz CT molecular complexity index is 1140. The maximum atomic E-state index is 15.3. The Balaban J connectivity index is 1.55. The van der Waals surface area contributed by atoms with Gasteiger partial charge in [-0.25, -0.2) is 13.8 Å². The second-order valence-electron chi connectivity index (χ2n) is 6.70. The molecule has 3 heterocycles. The van der Waals surface area contributed by atoms with Crippen molar-refractivity contribution in [1.82, 2.24) is 9.55 Å². The minimum atomic E-state index is -4.29. The Hall–Kier alpha value is -2.28. The van der Waals surface area contributed by atoms with Gasteiger partial charge in [-0.1, -0.05) is 18.2 Å². The molecule has 11 nitrogen and oxygen atoms in total. The van der Waals surface area contributed by atoms with Gasteiger partial charge in [0.25, 0.3) is 11.4 Å². The third kappa shape index (κ3) is 3.43. The third-order valence-electron chi connectivity index (χ3n) is 4.68. The number of phosphoric ester groups is 1. The van der Waals surface area contributed by atoms with E-state index < -0.39 is 49.4 Å². The number of H-pyrrole nitrogens is 1. The van der Waals surface area contributed by atoms with E-state index in [1.807, 2.05) is 4.98 Å². The van der Waals surface area contributed by atoms with E-state index in [4.69, 9.17) is 26.2 Å². The van der Waals surface area contributed by atoms with E-state index in [1.165, 1.54) is 6.07 Å². The molecule has 0 spiro atoms. The highest BCUT2D eigenvalue weighted by Crippen LogP contribution is 2.55. The van der Waals surface area contributed by atoms with Crippen molar-refractivity contribution in [1.29, 1.82) is 0 Å². The molecule has 4 rings (SSSR count). The number of nitrogens with one attached hydrogen (secondary N) is 1. The molecular formula is C16H15BFN2O9P. The molecule has 3 N–H and O–H groups in total. The van der Waals surface area contributed by atoms with Crippen molar-refractivity contribution in [3.8, 4) is 5.75 Å². The lowest BCUT2D eigenvalue weighted by atomic mass is 9.84. The average Bonchev–Trinajstić information content (AvgIpc) is 2.87. The van der Waals surface area contributed by atoms with E-state index in [2.05, 4.69) is 0 Å². The lowest BCUT2D eigenvalue weighted by Gasteiger charge is -2.31. The van der Waals surface area contributed by atoms with Crippen LogP contribution in [-0.4, -0.2) is 52.3 Å². The van der Waals surface area contributed by atoms with Gasteiger partial charge in [0.05, 0.1) is 6.61 Å². The van der Waals surface area contributed by atoms with Gasteiger partial charge in [0.15, 0.2) is 0 Å². The largest absolute Gasteiger partial charge is 0.530 e. The van der Waals surface area contributed by atoms with Gasteiger partial charge in [0.1, 0.15) is 38.0 Å². The van der Waals surface area contributed by atoms with Crippen LogP contribution in [0.15, 0.2) is 46.1 Å². The summed E-state index contributed by atoms with van der Waals surface area (Å²) in [4.78, 5) is 25.1. The molecule has 1 saturated heterocycles. The Morgan fingerprint density at radius 1 is 1.30 bits per heavy atom. The number of para-hydroxylation sites is 1. The Labute approximate surface area is 169 Å². The summed E-state index contributed by atoms with van der Waals surface area (Å²) in [5, 5.41) is 20.4. The summed E-state index contributed by atoms with van der Waals surface area (Å²) in [5.74, 6) is -2.99. The molecule has 0 aliphatic carbocycles. The maximum absolute atomic E-state index is 15.3. The van der Waals surface area contributed by atoms with E-state index in [-0.39, 0.29) is 12.4 Å². The van der Waals surface area contributed by atoms with Crippen LogP contribution < -0.4 is 15.8 Å². The smallest absolute Gasteiger partial charge is 0.404 e. The van der Waals surface area contributed by atoms with Gasteiger partial charge in [-0.15, -0.1) is 0 Å². The number of alkyl halides is 1. The van der Waals surface area contributed by atoms with Crippen LogP contribution in [0, 0.1) is 0 Å². The number of hydrogen-bond donors (Lipinski definition) is 3. The molecule has 0 saturated carbocycles. The Morgan fingerprint density at radius 3 is 2.77 bits per heavy atom. The molecule has 1 aromatic carbocycles. The van der Waals surface area contributed by atoms with Crippen molar-refractivity contribution >= 4 is 15.7 Å². The number of nitrogens with zero attached hydrogens (tertiary/aromatic N) is 1. The van der Waals surface area contributed by atoms with Crippen LogP contribution in [0.4, 0.5) is 4.39 Å². The summed E-state index contributed by atoms with van der Waals surface area (Å²) < 4.78 is 48.6. The number of aliphatic hydroxyl groups is 2. The summed E-state index contributed by atoms with van der Waals surface area (Å²) in [7, 11) is 1.54. The van der Waals surface area contributed by atoms with E-state index >= 15 is 4.39 Å². The van der Waals surface area contributed by atoms with Crippen molar-refractivity contribution in [2.75, 3.05) is 6.61 Å². The number of aliphatic hydroxyl groups excluding tert-OH is 2. The summed E-state index contributed by atoms with van der Waals surface area (Å²) in [6.45, 7) is -1.35. The molecule has 30 heavy (non-hydrogen) atoms. The van der Waals surface area contributed by atoms with Gasteiger partial charge >= 0.3 is 13.5 Å². The van der Waals surface area contributed by atoms with Crippen LogP contribution in [-0.2, 0) is 30.6 Å². The fraction of sp³-hybridized carbons (Fsp3) is 0.375. The van der Waals surface area contributed by atoms with Crippen molar-refractivity contribution in [3.63, 3.8) is 0 Å². The molecule has 1 fully saturated rings. The minimum absolute atomic E-state index is 0.133. The second-order valence-corrected chi connectivity index (χ2v) is 8.30. The van der Waals surface area contributed by atoms with E-state index in [9.17, 15) is 24.4 Å². The summed E-state index contributed by atoms with van der Waals surface area (Å²) >= 11 is 0. The zero-order valence-electron chi connectivity index (χ0n) is 15.1. The van der Waals surface area contributed by atoms with Gasteiger partial charge < -0.3 is 19.5 Å². The number of hydrogen-bond acceptors (Lipinski definition) is 9. The number of ether oxygens (including phenoxy) is 1. The maximum Gasteiger partial charge on any atom is 0.530 e. The van der Waals surface area contributed by atoms with Crippen LogP contribution in [0.3, 0.4) is 0 Å². The van der Waals surface area contributed by atoms with Crippen molar-refractivity contribution < 1.29 is 37.5 Å². The predicted octanol–water partition coefficient (Wildman–Crippen LogP) is -0.533. The number of benzene rings is 1. The second kappa shape index (κ2) is 7.15. The molecule has 1 aromatic heterocycles. The molecular weight excluding hydrogens is 425 g/mol. The number of phosphoric acid groups is 1. The highest BCUT2D eigenvalue weighted by molar-refractivity contribution is 7.49. The van der Waals surface area contributed by atoms with Crippen LogP contribution in [0.2, 0.25) is 0 Å². The topological polar surface area (TPSA) is 149 Å². The third-order valence-corrected chi connectivity index (χ3v) is 5.99. The zero-order chi connectivity index (χ0) is 21.7. The van der Waals surface area contributed by atoms with E-state index in [0.29, 0.717) is 10.1 Å². The molecule has 2 aliphatic rings. The Kier molecular flexibility index (Phi) is 5.00. The molecule has 0 amide bonds. The van der Waals surface area contributed by atoms with Gasteiger partial charge in [0, 0.05) is 17.8 Å². The molecule has 2 radical (unpaired) electrons. The van der Waals surface area contributed by atoms with Gasteiger partial charge in [0.2, 0.25) is 0 Å². The standard InChI is InChI=1S/C16H15BFN2O9P/c17-16(20-6-5-11(21)19-14(20)24)13(23)12(22)15(18,29-16)8-27-30(25)26-7-9-3-1-2-4-10(9)28-30/h1-6,12-13,22-23H,7-8H2,(H,19,21,24)/t12-,13+,15+,16-,30?/m0/s1. The number of aromatic amines is 1. The van der Waals surface area contributed by atoms with Gasteiger partial charge in [-0.2, -0.15) is 0 Å². The lowest BCUT2D eigenvalue weighted by Crippen LogP contribution is -2.52. The minimum Gasteiger partial charge on any atom is -0.404 e. The van der Waals surface area contributed by atoms with Crippen LogP contribution >= 0.6 is 7.82 Å². The first-order chi connectivity index (χ1) is 14.1. The number of fused-ring (bicyclic) bond motifs is 1. The van der Waals surface area contributed by atoms with E-state index in [1.54, 1.807) is 18.2 Å². The monoisotopic (exact) mass is 440 g/mol. The Morgan fingerprint density at radius 2 is 2.03 bits per heavy atom. The zero-order valence-corrected chi connectivity index (χ0v) is 16.0. The van der Waals surface area contributed by atoms with Crippen molar-refractivity contribution in [2.24, 2.45) is 0 Å². The average molecular weight is 440 g/mol. The first-order valence-corrected chi connectivity index (χ1v) is 10.1. The molecule has 1 unspecified atom stereocenters. The molecule has 5 atom stereocenters.